The molecule has 0 aliphatic heterocycles. The Morgan fingerprint density at radius 3 is 2.67 bits per heavy atom. The van der Waals surface area contributed by atoms with Gasteiger partial charge in [-0.2, -0.15) is 18.3 Å². The first kappa shape index (κ1) is 12.7. The van der Waals surface area contributed by atoms with Crippen molar-refractivity contribution >= 4 is 0 Å². The third-order valence-corrected chi connectivity index (χ3v) is 2.57. The molecule has 0 aliphatic carbocycles. The molecule has 0 saturated carbocycles. The van der Waals surface area contributed by atoms with E-state index in [1.165, 1.54) is 4.68 Å². The molecule has 0 radical (unpaired) electrons. The first-order valence-electron chi connectivity index (χ1n) is 5.28. The Balaban J connectivity index is 2.16. The molecular formula is C11H12F3N3O. The number of halogens is 3. The Labute approximate surface area is 101 Å². The van der Waals surface area contributed by atoms with Gasteiger partial charge in [0.1, 0.15) is 11.5 Å². The minimum absolute atomic E-state index is 0.150. The van der Waals surface area contributed by atoms with Crippen LogP contribution in [0.1, 0.15) is 22.6 Å². The summed E-state index contributed by atoms with van der Waals surface area (Å²) in [5.74, 6) is 1.21. The quantitative estimate of drug-likeness (QED) is 0.920. The van der Waals surface area contributed by atoms with Crippen LogP contribution in [0.3, 0.4) is 0 Å². The summed E-state index contributed by atoms with van der Waals surface area (Å²) in [6, 6.07) is 1.73. The molecule has 18 heavy (non-hydrogen) atoms. The summed E-state index contributed by atoms with van der Waals surface area (Å²) >= 11 is 0. The van der Waals surface area contributed by atoms with Crippen LogP contribution in [0.15, 0.2) is 22.9 Å². The Hall–Kier alpha value is -1.76. The number of rotatable bonds is 3. The molecule has 2 rings (SSSR count). The van der Waals surface area contributed by atoms with Crippen molar-refractivity contribution in [3.05, 3.63) is 41.1 Å². The zero-order valence-corrected chi connectivity index (χ0v) is 9.66. The van der Waals surface area contributed by atoms with E-state index in [2.05, 4.69) is 5.10 Å². The number of nitrogens with zero attached hydrogens (tertiary/aromatic N) is 2. The second-order valence-corrected chi connectivity index (χ2v) is 3.92. The van der Waals surface area contributed by atoms with E-state index in [0.29, 0.717) is 18.1 Å². The standard InChI is InChI=1S/C11H12F3N3O/c1-7-8(3-15)2-10(18-7)6-17-5-9(4-16-17)11(12,13)14/h2,4-5H,3,6,15H2,1H3. The molecule has 0 aliphatic rings. The average molecular weight is 259 g/mol. The van der Waals surface area contributed by atoms with Crippen LogP contribution in [0.5, 0.6) is 0 Å². The summed E-state index contributed by atoms with van der Waals surface area (Å²) in [6.45, 7) is 2.25. The summed E-state index contributed by atoms with van der Waals surface area (Å²) in [5, 5.41) is 3.65. The molecule has 0 aromatic carbocycles. The summed E-state index contributed by atoms with van der Waals surface area (Å²) < 4.78 is 43.7. The van der Waals surface area contributed by atoms with Gasteiger partial charge in [0, 0.05) is 18.3 Å². The Bertz CT molecular complexity index is 542. The fourth-order valence-electron chi connectivity index (χ4n) is 1.62. The lowest BCUT2D eigenvalue weighted by atomic mass is 10.2. The lowest BCUT2D eigenvalue weighted by molar-refractivity contribution is -0.137. The predicted octanol–water partition coefficient (Wildman–Crippen LogP) is 2.31. The zero-order chi connectivity index (χ0) is 13.3. The predicted molar refractivity (Wildman–Crippen MR) is 57.7 cm³/mol. The van der Waals surface area contributed by atoms with E-state index in [9.17, 15) is 13.2 Å². The van der Waals surface area contributed by atoms with E-state index in [1.807, 2.05) is 0 Å². The molecule has 2 aromatic heterocycles. The molecule has 0 spiro atoms. The molecule has 0 unspecified atom stereocenters. The minimum Gasteiger partial charge on any atom is -0.464 e. The summed E-state index contributed by atoms with van der Waals surface area (Å²) in [5.41, 5.74) is 5.56. The van der Waals surface area contributed by atoms with Crippen LogP contribution >= 0.6 is 0 Å². The highest BCUT2D eigenvalue weighted by atomic mass is 19.4. The largest absolute Gasteiger partial charge is 0.464 e. The third-order valence-electron chi connectivity index (χ3n) is 2.57. The first-order valence-corrected chi connectivity index (χ1v) is 5.28. The van der Waals surface area contributed by atoms with E-state index in [1.54, 1.807) is 13.0 Å². The molecule has 2 aromatic rings. The Morgan fingerprint density at radius 2 is 2.17 bits per heavy atom. The third kappa shape index (κ3) is 2.56. The zero-order valence-electron chi connectivity index (χ0n) is 9.66. The monoisotopic (exact) mass is 259 g/mol. The van der Waals surface area contributed by atoms with Crippen molar-refractivity contribution in [2.75, 3.05) is 0 Å². The normalized spacial score (nSPS) is 12.1. The maximum absolute atomic E-state index is 12.4. The van der Waals surface area contributed by atoms with Crippen molar-refractivity contribution < 1.29 is 17.6 Å². The molecule has 2 N–H and O–H groups in total. The van der Waals surface area contributed by atoms with E-state index in [4.69, 9.17) is 10.2 Å². The minimum atomic E-state index is -4.38. The summed E-state index contributed by atoms with van der Waals surface area (Å²) in [4.78, 5) is 0. The number of hydrogen-bond acceptors (Lipinski definition) is 3. The fourth-order valence-corrected chi connectivity index (χ4v) is 1.62. The van der Waals surface area contributed by atoms with Crippen LogP contribution in [0.25, 0.3) is 0 Å². The summed E-state index contributed by atoms with van der Waals surface area (Å²) in [6.07, 6.45) is -2.64. The molecule has 0 atom stereocenters. The van der Waals surface area contributed by atoms with Crippen LogP contribution < -0.4 is 5.73 Å². The van der Waals surface area contributed by atoms with Gasteiger partial charge in [0.2, 0.25) is 0 Å². The Kier molecular flexibility index (Phi) is 3.16. The van der Waals surface area contributed by atoms with Crippen LogP contribution in [0.4, 0.5) is 13.2 Å². The molecule has 2 heterocycles. The second-order valence-electron chi connectivity index (χ2n) is 3.92. The maximum Gasteiger partial charge on any atom is 0.419 e. The molecule has 4 nitrogen and oxygen atoms in total. The van der Waals surface area contributed by atoms with Crippen LogP contribution in [-0.2, 0) is 19.3 Å². The lowest BCUT2D eigenvalue weighted by Gasteiger charge is -2.00. The van der Waals surface area contributed by atoms with Gasteiger partial charge in [-0.05, 0) is 13.0 Å². The first-order chi connectivity index (χ1) is 8.40. The van der Waals surface area contributed by atoms with Crippen LogP contribution in [0, 0.1) is 6.92 Å². The van der Waals surface area contributed by atoms with E-state index >= 15 is 0 Å². The molecule has 0 fully saturated rings. The van der Waals surface area contributed by atoms with Gasteiger partial charge in [0.05, 0.1) is 18.3 Å². The smallest absolute Gasteiger partial charge is 0.419 e. The highest BCUT2D eigenvalue weighted by Gasteiger charge is 2.32. The SMILES string of the molecule is Cc1oc(Cn2cc(C(F)(F)F)cn2)cc1CN. The number of nitrogens with two attached hydrogens (primary N) is 1. The topological polar surface area (TPSA) is 57.0 Å². The molecule has 98 valence electrons. The summed E-state index contributed by atoms with van der Waals surface area (Å²) in [7, 11) is 0. The maximum atomic E-state index is 12.4. The van der Waals surface area contributed by atoms with Gasteiger partial charge in [-0.15, -0.1) is 0 Å². The highest BCUT2D eigenvalue weighted by Crippen LogP contribution is 2.28. The van der Waals surface area contributed by atoms with E-state index in [0.717, 1.165) is 18.0 Å². The van der Waals surface area contributed by atoms with Crippen LogP contribution in [0.2, 0.25) is 0 Å². The van der Waals surface area contributed by atoms with E-state index in [-0.39, 0.29) is 6.54 Å². The lowest BCUT2D eigenvalue weighted by Crippen LogP contribution is -2.03. The van der Waals surface area contributed by atoms with Crippen molar-refractivity contribution in [3.63, 3.8) is 0 Å². The number of furan rings is 1. The van der Waals surface area contributed by atoms with Gasteiger partial charge in [-0.1, -0.05) is 0 Å². The average Bonchev–Trinajstić information content (AvgIpc) is 2.85. The number of aromatic nitrogens is 2. The molecule has 0 bridgehead atoms. The number of aryl methyl sites for hydroxylation is 1. The highest BCUT2D eigenvalue weighted by molar-refractivity contribution is 5.20. The van der Waals surface area contributed by atoms with Gasteiger partial charge in [-0.25, -0.2) is 0 Å². The van der Waals surface area contributed by atoms with Crippen LogP contribution in [-0.4, -0.2) is 9.78 Å². The van der Waals surface area contributed by atoms with Gasteiger partial charge in [0.15, 0.2) is 0 Å². The fraction of sp³-hybridized carbons (Fsp3) is 0.364. The molecule has 0 amide bonds. The van der Waals surface area contributed by atoms with Gasteiger partial charge < -0.3 is 10.2 Å². The number of alkyl halides is 3. The Morgan fingerprint density at radius 1 is 1.44 bits per heavy atom. The van der Waals surface area contributed by atoms with Gasteiger partial charge in [-0.3, -0.25) is 4.68 Å². The van der Waals surface area contributed by atoms with Crippen molar-refractivity contribution in [1.82, 2.24) is 9.78 Å². The van der Waals surface area contributed by atoms with Crippen molar-refractivity contribution in [2.24, 2.45) is 5.73 Å². The molecule has 7 heteroatoms. The van der Waals surface area contributed by atoms with Crippen molar-refractivity contribution in [1.29, 1.82) is 0 Å². The molecule has 0 saturated heterocycles. The molecular weight excluding hydrogens is 247 g/mol. The van der Waals surface area contributed by atoms with Gasteiger partial charge in [0.25, 0.3) is 0 Å². The van der Waals surface area contributed by atoms with Gasteiger partial charge >= 0.3 is 6.18 Å². The van der Waals surface area contributed by atoms with Crippen molar-refractivity contribution in [2.45, 2.75) is 26.2 Å². The van der Waals surface area contributed by atoms with E-state index < -0.39 is 11.7 Å². The second kappa shape index (κ2) is 4.49. The number of hydrogen-bond donors (Lipinski definition) is 1. The van der Waals surface area contributed by atoms with Crippen molar-refractivity contribution in [3.8, 4) is 0 Å².